The Labute approximate surface area is 132 Å². The van der Waals surface area contributed by atoms with Gasteiger partial charge >= 0.3 is 5.97 Å². The Morgan fingerprint density at radius 3 is 1.38 bits per heavy atom. The van der Waals surface area contributed by atoms with E-state index in [-0.39, 0.29) is 5.78 Å². The van der Waals surface area contributed by atoms with Crippen molar-refractivity contribution in [1.82, 2.24) is 0 Å². The maximum Gasteiger partial charge on any atom is 0.319 e. The van der Waals surface area contributed by atoms with Crippen LogP contribution in [0.5, 0.6) is 0 Å². The third kappa shape index (κ3) is 5.92. The van der Waals surface area contributed by atoms with Gasteiger partial charge in [0.2, 0.25) is 0 Å². The number of carboxylic acid groups (broad SMARTS) is 1. The topological polar surface area (TPSA) is 54.4 Å². The molecule has 0 saturated heterocycles. The van der Waals surface area contributed by atoms with Crippen molar-refractivity contribution in [2.45, 2.75) is 18.2 Å². The average molecular weight is 349 g/mol. The number of aliphatic carboxylic acids is 1. The third-order valence-corrected chi connectivity index (χ3v) is 2.92. The molecule has 21 heavy (non-hydrogen) atoms. The lowest BCUT2D eigenvalue weighted by Crippen LogP contribution is -2.22. The summed E-state index contributed by atoms with van der Waals surface area (Å²) in [6.07, 6.45) is 0. The van der Waals surface area contributed by atoms with Gasteiger partial charge in [0, 0.05) is 11.1 Å². The molecule has 0 amide bonds. The van der Waals surface area contributed by atoms with Crippen LogP contribution in [0.15, 0.2) is 60.7 Å². The summed E-state index contributed by atoms with van der Waals surface area (Å²) < 4.78 is -0.771. The van der Waals surface area contributed by atoms with Crippen LogP contribution in [-0.2, 0) is 4.79 Å². The molecule has 0 fully saturated rings. The second-order valence-electron chi connectivity index (χ2n) is 4.84. The number of hydrogen-bond acceptors (Lipinski definition) is 2. The lowest BCUT2D eigenvalue weighted by molar-refractivity contribution is -0.138. The molecule has 2 rings (SSSR count). The minimum absolute atomic E-state index is 0.0752. The second kappa shape index (κ2) is 7.74. The Kier molecular flexibility index (Phi) is 6.31. The molecule has 2 aromatic carbocycles. The Balaban J connectivity index is 0.000000270. The minimum Gasteiger partial charge on any atom is -0.480 e. The van der Waals surface area contributed by atoms with Crippen molar-refractivity contribution in [2.75, 3.05) is 0 Å². The number of ketones is 1. The van der Waals surface area contributed by atoms with E-state index in [1.165, 1.54) is 0 Å². The van der Waals surface area contributed by atoms with E-state index in [0.717, 1.165) is 11.1 Å². The molecule has 0 spiro atoms. The molecule has 0 unspecified atom stereocenters. The number of rotatable bonds is 3. The van der Waals surface area contributed by atoms with Gasteiger partial charge in [0.1, 0.15) is 4.32 Å². The van der Waals surface area contributed by atoms with Crippen LogP contribution in [0.4, 0.5) is 0 Å². The molecule has 1 N–H and O–H groups in total. The number of carboxylic acids is 1. The van der Waals surface area contributed by atoms with Crippen molar-refractivity contribution < 1.29 is 14.7 Å². The fraction of sp³-hybridized carbons (Fsp3) is 0.176. The van der Waals surface area contributed by atoms with Crippen LogP contribution in [0.1, 0.15) is 29.8 Å². The van der Waals surface area contributed by atoms with E-state index in [1.54, 1.807) is 13.8 Å². The minimum atomic E-state index is -0.840. The summed E-state index contributed by atoms with van der Waals surface area (Å²) in [7, 11) is 0. The number of halogens is 1. The Morgan fingerprint density at radius 2 is 1.14 bits per heavy atom. The normalized spacial score (nSPS) is 10.2. The van der Waals surface area contributed by atoms with Gasteiger partial charge in [-0.15, -0.1) is 0 Å². The SMILES string of the molecule is CC(C)(Br)C(=O)O.O=C(c1ccccc1)c1ccccc1. The molecular weight excluding hydrogens is 332 g/mol. The first-order valence-electron chi connectivity index (χ1n) is 6.39. The zero-order valence-electron chi connectivity index (χ0n) is 11.9. The molecule has 0 aliphatic carbocycles. The Hall–Kier alpha value is -1.94. The average Bonchev–Trinajstić information content (AvgIpc) is 2.48. The van der Waals surface area contributed by atoms with Gasteiger partial charge in [-0.25, -0.2) is 0 Å². The summed E-state index contributed by atoms with van der Waals surface area (Å²) in [6, 6.07) is 18.6. The van der Waals surface area contributed by atoms with Crippen LogP contribution in [0.2, 0.25) is 0 Å². The highest BCUT2D eigenvalue weighted by atomic mass is 79.9. The molecule has 0 aliphatic heterocycles. The zero-order valence-corrected chi connectivity index (χ0v) is 13.5. The van der Waals surface area contributed by atoms with E-state index < -0.39 is 10.3 Å². The third-order valence-electron chi connectivity index (χ3n) is 2.58. The lowest BCUT2D eigenvalue weighted by Gasteiger charge is -2.06. The van der Waals surface area contributed by atoms with Crippen molar-refractivity contribution in [3.8, 4) is 0 Å². The second-order valence-corrected chi connectivity index (χ2v) is 6.82. The van der Waals surface area contributed by atoms with Gasteiger partial charge in [0.15, 0.2) is 5.78 Å². The van der Waals surface area contributed by atoms with Crippen LogP contribution < -0.4 is 0 Å². The maximum atomic E-state index is 11.8. The Morgan fingerprint density at radius 1 is 0.857 bits per heavy atom. The predicted octanol–water partition coefficient (Wildman–Crippen LogP) is 4.16. The maximum absolute atomic E-state index is 11.8. The predicted molar refractivity (Wildman–Crippen MR) is 87.0 cm³/mol. The molecule has 0 saturated carbocycles. The summed E-state index contributed by atoms with van der Waals surface area (Å²) in [6.45, 7) is 3.16. The van der Waals surface area contributed by atoms with Crippen LogP contribution in [0.25, 0.3) is 0 Å². The number of benzene rings is 2. The van der Waals surface area contributed by atoms with Crippen LogP contribution >= 0.6 is 15.9 Å². The van der Waals surface area contributed by atoms with Crippen molar-refractivity contribution in [3.63, 3.8) is 0 Å². The van der Waals surface area contributed by atoms with Crippen LogP contribution in [0, 0.1) is 0 Å². The van der Waals surface area contributed by atoms with Gasteiger partial charge < -0.3 is 5.11 Å². The van der Waals surface area contributed by atoms with Gasteiger partial charge in [-0.1, -0.05) is 76.6 Å². The van der Waals surface area contributed by atoms with E-state index >= 15 is 0 Å². The molecule has 3 nitrogen and oxygen atoms in total. The Bertz CT molecular complexity index is 545. The number of alkyl halides is 1. The van der Waals surface area contributed by atoms with Gasteiger partial charge in [-0.05, 0) is 13.8 Å². The van der Waals surface area contributed by atoms with Crippen LogP contribution in [-0.4, -0.2) is 21.2 Å². The summed E-state index contributed by atoms with van der Waals surface area (Å²) in [5.74, 6) is -0.765. The van der Waals surface area contributed by atoms with E-state index in [2.05, 4.69) is 15.9 Å². The van der Waals surface area contributed by atoms with E-state index in [1.807, 2.05) is 60.7 Å². The smallest absolute Gasteiger partial charge is 0.319 e. The van der Waals surface area contributed by atoms with Gasteiger partial charge in [-0.2, -0.15) is 0 Å². The van der Waals surface area contributed by atoms with E-state index in [0.29, 0.717) is 0 Å². The van der Waals surface area contributed by atoms with Crippen molar-refractivity contribution in [1.29, 1.82) is 0 Å². The first-order valence-corrected chi connectivity index (χ1v) is 7.19. The van der Waals surface area contributed by atoms with Crippen molar-refractivity contribution in [2.24, 2.45) is 0 Å². The molecule has 0 aromatic heterocycles. The molecule has 0 bridgehead atoms. The van der Waals surface area contributed by atoms with Gasteiger partial charge in [0.05, 0.1) is 0 Å². The van der Waals surface area contributed by atoms with Crippen molar-refractivity contribution in [3.05, 3.63) is 71.8 Å². The standard InChI is InChI=1S/C13H10O.C4H7BrO2/c14-13(11-7-3-1-4-8-11)12-9-5-2-6-10-12;1-4(2,5)3(6)7/h1-10H;1-2H3,(H,6,7). The molecule has 2 aromatic rings. The monoisotopic (exact) mass is 348 g/mol. The highest BCUT2D eigenvalue weighted by Crippen LogP contribution is 2.14. The number of carbonyl (C=O) groups excluding carboxylic acids is 1. The highest BCUT2D eigenvalue weighted by Gasteiger charge is 2.21. The fourth-order valence-corrected chi connectivity index (χ4v) is 1.35. The molecule has 110 valence electrons. The van der Waals surface area contributed by atoms with Gasteiger partial charge in [0.25, 0.3) is 0 Å². The zero-order chi connectivity index (χ0) is 15.9. The first-order chi connectivity index (χ1) is 9.82. The van der Waals surface area contributed by atoms with Gasteiger partial charge in [-0.3, -0.25) is 9.59 Å². The van der Waals surface area contributed by atoms with Crippen LogP contribution in [0.3, 0.4) is 0 Å². The molecule has 4 heteroatoms. The van der Waals surface area contributed by atoms with E-state index in [9.17, 15) is 9.59 Å². The molecule has 0 aliphatic rings. The highest BCUT2D eigenvalue weighted by molar-refractivity contribution is 9.10. The largest absolute Gasteiger partial charge is 0.480 e. The van der Waals surface area contributed by atoms with E-state index in [4.69, 9.17) is 5.11 Å². The molecule has 0 atom stereocenters. The molecule has 0 radical (unpaired) electrons. The number of carbonyl (C=O) groups is 2. The summed E-state index contributed by atoms with van der Waals surface area (Å²) in [5.41, 5.74) is 1.47. The quantitative estimate of drug-likeness (QED) is 0.669. The lowest BCUT2D eigenvalue weighted by atomic mass is 10.0. The molecule has 0 heterocycles. The van der Waals surface area contributed by atoms with Crippen molar-refractivity contribution >= 4 is 27.7 Å². The summed E-state index contributed by atoms with van der Waals surface area (Å²) in [4.78, 5) is 21.8. The summed E-state index contributed by atoms with van der Waals surface area (Å²) in [5, 5.41) is 8.20. The molecular formula is C17H17BrO3. The number of hydrogen-bond donors (Lipinski definition) is 1. The first kappa shape index (κ1) is 17.1. The summed E-state index contributed by atoms with van der Waals surface area (Å²) >= 11 is 2.94. The fourth-order valence-electron chi connectivity index (χ4n) is 1.35.